The number of halogens is 3. The van der Waals surface area contributed by atoms with Gasteiger partial charge in [-0.1, -0.05) is 6.07 Å². The van der Waals surface area contributed by atoms with Crippen LogP contribution in [0.25, 0.3) is 0 Å². The van der Waals surface area contributed by atoms with Crippen LogP contribution in [0, 0.1) is 11.7 Å². The first-order chi connectivity index (χ1) is 15.6. The van der Waals surface area contributed by atoms with Crippen LogP contribution < -0.4 is 9.47 Å². The van der Waals surface area contributed by atoms with E-state index in [-0.39, 0.29) is 29.4 Å². The van der Waals surface area contributed by atoms with Crippen molar-refractivity contribution in [3.63, 3.8) is 0 Å². The Balaban J connectivity index is 1.61. The van der Waals surface area contributed by atoms with E-state index in [1.165, 1.54) is 18.2 Å². The highest BCUT2D eigenvalue weighted by atomic mass is 32.2. The molecular formula is C22H22F3NO6S. The van der Waals surface area contributed by atoms with Gasteiger partial charge in [-0.05, 0) is 73.1 Å². The van der Waals surface area contributed by atoms with Crippen LogP contribution in [-0.4, -0.2) is 49.6 Å². The summed E-state index contributed by atoms with van der Waals surface area (Å²) in [5.74, 6) is -2.14. The monoisotopic (exact) mass is 485 g/mol. The molecule has 1 saturated heterocycles. The van der Waals surface area contributed by atoms with Gasteiger partial charge in [0.2, 0.25) is 10.0 Å². The molecule has 2 atom stereocenters. The molecule has 33 heavy (non-hydrogen) atoms. The third-order valence-corrected chi connectivity index (χ3v) is 7.68. The van der Waals surface area contributed by atoms with E-state index in [9.17, 15) is 31.5 Å². The molecule has 2 aromatic rings. The number of hydrogen-bond donors (Lipinski definition) is 1. The maximum atomic E-state index is 13.2. The Bertz CT molecular complexity index is 1120. The van der Waals surface area contributed by atoms with E-state index >= 15 is 0 Å². The zero-order valence-electron chi connectivity index (χ0n) is 17.4. The highest BCUT2D eigenvalue weighted by Crippen LogP contribution is 2.40. The number of rotatable bonds is 9. The Hall–Kier alpha value is -2.79. The molecule has 0 amide bonds. The van der Waals surface area contributed by atoms with Crippen LogP contribution in [0.3, 0.4) is 0 Å². The van der Waals surface area contributed by atoms with Crippen molar-refractivity contribution in [1.29, 1.82) is 0 Å². The van der Waals surface area contributed by atoms with Crippen molar-refractivity contribution in [2.75, 3.05) is 13.2 Å². The lowest BCUT2D eigenvalue weighted by Gasteiger charge is -2.21. The molecule has 1 aliphatic carbocycles. The molecule has 1 saturated carbocycles. The average Bonchev–Trinajstić information content (AvgIpc) is 3.47. The fourth-order valence-electron chi connectivity index (χ4n) is 3.86. The predicted molar refractivity (Wildman–Crippen MR) is 110 cm³/mol. The molecule has 1 N–H and O–H groups in total. The molecule has 1 aliphatic heterocycles. The van der Waals surface area contributed by atoms with Gasteiger partial charge >= 0.3 is 12.6 Å². The molecule has 0 aromatic heterocycles. The van der Waals surface area contributed by atoms with Crippen molar-refractivity contribution in [2.45, 2.75) is 42.7 Å². The summed E-state index contributed by atoms with van der Waals surface area (Å²) >= 11 is 0. The Labute approximate surface area is 188 Å². The molecule has 178 valence electrons. The number of alkyl halides is 2. The first kappa shape index (κ1) is 23.4. The van der Waals surface area contributed by atoms with Gasteiger partial charge in [0, 0.05) is 6.54 Å². The van der Waals surface area contributed by atoms with Crippen LogP contribution in [0.2, 0.25) is 0 Å². The third kappa shape index (κ3) is 5.25. The number of aliphatic carboxylic acids is 1. The van der Waals surface area contributed by atoms with Crippen LogP contribution in [0.1, 0.15) is 30.7 Å². The predicted octanol–water partition coefficient (Wildman–Crippen LogP) is 3.85. The van der Waals surface area contributed by atoms with Crippen molar-refractivity contribution in [2.24, 2.45) is 5.92 Å². The Morgan fingerprint density at radius 1 is 1.12 bits per heavy atom. The first-order valence-electron chi connectivity index (χ1n) is 10.4. The van der Waals surface area contributed by atoms with Crippen molar-refractivity contribution in [3.05, 3.63) is 53.8 Å². The minimum absolute atomic E-state index is 0.0210. The van der Waals surface area contributed by atoms with E-state index in [0.717, 1.165) is 41.4 Å². The number of carboxylic acids is 1. The number of benzene rings is 2. The first-order valence-corrected chi connectivity index (χ1v) is 11.8. The number of carbonyl (C=O) groups is 1. The number of hydrogen-bond acceptors (Lipinski definition) is 5. The van der Waals surface area contributed by atoms with Gasteiger partial charge in [0.25, 0.3) is 0 Å². The summed E-state index contributed by atoms with van der Waals surface area (Å²) in [6.45, 7) is -2.84. The molecule has 11 heteroatoms. The van der Waals surface area contributed by atoms with Crippen molar-refractivity contribution in [1.82, 2.24) is 4.31 Å². The van der Waals surface area contributed by atoms with E-state index in [1.54, 1.807) is 0 Å². The lowest BCUT2D eigenvalue weighted by molar-refractivity contribution is -0.140. The molecule has 2 fully saturated rings. The van der Waals surface area contributed by atoms with Crippen LogP contribution in [0.5, 0.6) is 11.5 Å². The van der Waals surface area contributed by atoms with E-state index < -0.39 is 40.4 Å². The number of sulfonamides is 1. The van der Waals surface area contributed by atoms with Crippen molar-refractivity contribution >= 4 is 16.0 Å². The number of ether oxygens (including phenoxy) is 2. The molecule has 2 aromatic carbocycles. The van der Waals surface area contributed by atoms with Crippen molar-refractivity contribution in [3.8, 4) is 11.5 Å². The van der Waals surface area contributed by atoms with Crippen LogP contribution in [0.4, 0.5) is 13.2 Å². The van der Waals surface area contributed by atoms with Gasteiger partial charge < -0.3 is 14.6 Å². The largest absolute Gasteiger partial charge is 0.489 e. The standard InChI is InChI=1S/C22H22F3NO6S/c23-16-4-6-17(7-5-16)33(29,30)26-11-15(9-18(26)21(27)28)14-3-8-19(32-22(24)25)20(10-14)31-12-13-1-2-13/h3-8,10,13,15,18,22H,1-2,9,11-12H2,(H,27,28)/t15?,18-/m0/s1. The fourth-order valence-corrected chi connectivity index (χ4v) is 5.49. The molecule has 4 rings (SSSR count). The van der Waals surface area contributed by atoms with Crippen LogP contribution in [-0.2, 0) is 14.8 Å². The molecular weight excluding hydrogens is 463 g/mol. The van der Waals surface area contributed by atoms with Gasteiger partial charge in [-0.3, -0.25) is 4.79 Å². The molecule has 7 nitrogen and oxygen atoms in total. The molecule has 1 heterocycles. The fraction of sp³-hybridized carbons (Fsp3) is 0.409. The summed E-state index contributed by atoms with van der Waals surface area (Å²) < 4.78 is 76.0. The second-order valence-corrected chi connectivity index (χ2v) is 10.0. The van der Waals surface area contributed by atoms with Crippen LogP contribution in [0.15, 0.2) is 47.4 Å². The van der Waals surface area contributed by atoms with Gasteiger partial charge in [-0.15, -0.1) is 0 Å². The number of carboxylic acid groups (broad SMARTS) is 1. The lowest BCUT2D eigenvalue weighted by Crippen LogP contribution is -2.40. The smallest absolute Gasteiger partial charge is 0.387 e. The second-order valence-electron chi connectivity index (χ2n) is 8.15. The maximum absolute atomic E-state index is 13.2. The zero-order chi connectivity index (χ0) is 23.8. The third-order valence-electron chi connectivity index (χ3n) is 5.79. The zero-order valence-corrected chi connectivity index (χ0v) is 18.2. The van der Waals surface area contributed by atoms with E-state index in [2.05, 4.69) is 4.74 Å². The Morgan fingerprint density at radius 3 is 2.42 bits per heavy atom. The van der Waals surface area contributed by atoms with E-state index in [1.807, 2.05) is 0 Å². The maximum Gasteiger partial charge on any atom is 0.387 e. The molecule has 0 bridgehead atoms. The normalized spacial score (nSPS) is 21.3. The summed E-state index contributed by atoms with van der Waals surface area (Å²) in [4.78, 5) is 11.6. The minimum atomic E-state index is -4.21. The highest BCUT2D eigenvalue weighted by Gasteiger charge is 2.44. The van der Waals surface area contributed by atoms with Gasteiger partial charge in [-0.25, -0.2) is 12.8 Å². The Morgan fingerprint density at radius 2 is 1.82 bits per heavy atom. The molecule has 2 aliphatic rings. The SMILES string of the molecule is O=C(O)[C@@H]1CC(c2ccc(OC(F)F)c(OCC3CC3)c2)CN1S(=O)(=O)c1ccc(F)cc1. The average molecular weight is 485 g/mol. The van der Waals surface area contributed by atoms with Gasteiger partial charge in [0.15, 0.2) is 11.5 Å². The van der Waals surface area contributed by atoms with E-state index in [0.29, 0.717) is 18.1 Å². The minimum Gasteiger partial charge on any atom is -0.489 e. The molecule has 0 spiro atoms. The number of nitrogens with zero attached hydrogens (tertiary/aromatic N) is 1. The molecule has 0 radical (unpaired) electrons. The summed E-state index contributed by atoms with van der Waals surface area (Å²) in [6.07, 6.45) is 1.96. The summed E-state index contributed by atoms with van der Waals surface area (Å²) in [6, 6.07) is 7.11. The second kappa shape index (κ2) is 9.22. The topological polar surface area (TPSA) is 93.1 Å². The summed E-state index contributed by atoms with van der Waals surface area (Å²) in [7, 11) is -4.21. The lowest BCUT2D eigenvalue weighted by atomic mass is 9.96. The summed E-state index contributed by atoms with van der Waals surface area (Å²) in [5.41, 5.74) is 0.547. The van der Waals surface area contributed by atoms with Crippen molar-refractivity contribution < 1.29 is 41.0 Å². The highest BCUT2D eigenvalue weighted by molar-refractivity contribution is 7.89. The molecule has 1 unspecified atom stereocenters. The van der Waals surface area contributed by atoms with Crippen LogP contribution >= 0.6 is 0 Å². The van der Waals surface area contributed by atoms with Gasteiger partial charge in [0.1, 0.15) is 11.9 Å². The van der Waals surface area contributed by atoms with E-state index in [4.69, 9.17) is 4.74 Å². The quantitative estimate of drug-likeness (QED) is 0.580. The van der Waals surface area contributed by atoms with Gasteiger partial charge in [-0.2, -0.15) is 13.1 Å². The Kier molecular flexibility index (Phi) is 6.53. The summed E-state index contributed by atoms with van der Waals surface area (Å²) in [5, 5.41) is 9.66. The van der Waals surface area contributed by atoms with Gasteiger partial charge in [0.05, 0.1) is 11.5 Å².